The zero-order chi connectivity index (χ0) is 14.2. The van der Waals surface area contributed by atoms with Gasteiger partial charge in [0.1, 0.15) is 0 Å². The average Bonchev–Trinajstić information content (AvgIpc) is 2.14. The Morgan fingerprint density at radius 3 is 2.33 bits per heavy atom. The summed E-state index contributed by atoms with van der Waals surface area (Å²) in [5.74, 6) is 0.735. The lowest BCUT2D eigenvalue weighted by atomic mass is 10.0. The van der Waals surface area contributed by atoms with Gasteiger partial charge >= 0.3 is 8.56 Å². The van der Waals surface area contributed by atoms with Crippen molar-refractivity contribution in [1.82, 2.24) is 0 Å². The molecule has 0 amide bonds. The number of hydrogen-bond acceptors (Lipinski definition) is 2. The lowest BCUT2D eigenvalue weighted by molar-refractivity contribution is 0.227. The minimum absolute atomic E-state index is 0.636. The third-order valence-corrected chi connectivity index (χ3v) is 7.22. The largest absolute Gasteiger partial charge is 0.436 e. The van der Waals surface area contributed by atoms with Gasteiger partial charge in [0.15, 0.2) is 9.04 Å². The zero-order valence-electron chi connectivity index (χ0n) is 13.3. The molecule has 107 valence electrons. The third-order valence-electron chi connectivity index (χ3n) is 2.72. The summed E-state index contributed by atoms with van der Waals surface area (Å²) in [5.41, 5.74) is 1.42. The maximum atomic E-state index is 5.97. The Balaban J connectivity index is 3.73. The van der Waals surface area contributed by atoms with E-state index in [2.05, 4.69) is 53.0 Å². The molecule has 0 saturated heterocycles. The van der Waals surface area contributed by atoms with Crippen LogP contribution in [-0.4, -0.2) is 24.2 Å². The molecule has 1 unspecified atom stereocenters. The summed E-state index contributed by atoms with van der Waals surface area (Å²) < 4.78 is 11.9. The van der Waals surface area contributed by atoms with Gasteiger partial charge in [-0.15, -0.1) is 0 Å². The molecule has 0 aromatic rings. The van der Waals surface area contributed by atoms with E-state index in [0.29, 0.717) is 0 Å². The first-order valence-corrected chi connectivity index (χ1v) is 12.2. The molecule has 2 nitrogen and oxygen atoms in total. The van der Waals surface area contributed by atoms with E-state index in [1.165, 1.54) is 18.4 Å². The van der Waals surface area contributed by atoms with Gasteiger partial charge in [-0.1, -0.05) is 18.6 Å². The normalized spacial score (nSPS) is 13.8. The van der Waals surface area contributed by atoms with Crippen molar-refractivity contribution in [1.29, 1.82) is 0 Å². The van der Waals surface area contributed by atoms with Crippen molar-refractivity contribution < 1.29 is 8.54 Å². The van der Waals surface area contributed by atoms with Crippen molar-refractivity contribution in [3.05, 3.63) is 11.6 Å². The molecule has 0 N–H and O–H groups in total. The van der Waals surface area contributed by atoms with Crippen LogP contribution in [0, 0.1) is 5.92 Å². The molecule has 0 rings (SSSR count). The van der Waals surface area contributed by atoms with E-state index in [4.69, 9.17) is 8.54 Å². The van der Waals surface area contributed by atoms with Gasteiger partial charge in [0, 0.05) is 6.61 Å². The van der Waals surface area contributed by atoms with E-state index in [0.717, 1.165) is 18.9 Å². The van der Waals surface area contributed by atoms with Crippen LogP contribution >= 0.6 is 0 Å². The second-order valence-corrected chi connectivity index (χ2v) is 11.7. The maximum Gasteiger partial charge on any atom is 0.321 e. The highest BCUT2D eigenvalue weighted by atomic mass is 28.4. The average molecular weight is 288 g/mol. The van der Waals surface area contributed by atoms with Crippen LogP contribution in [0.3, 0.4) is 0 Å². The molecule has 0 aliphatic heterocycles. The second-order valence-electron chi connectivity index (χ2n) is 6.01. The molecular weight excluding hydrogens is 256 g/mol. The van der Waals surface area contributed by atoms with Gasteiger partial charge < -0.3 is 8.54 Å². The Hall–Kier alpha value is 0.0938. The van der Waals surface area contributed by atoms with Crippen LogP contribution in [0.5, 0.6) is 0 Å². The molecule has 1 atom stereocenters. The first-order chi connectivity index (χ1) is 8.23. The molecular formula is C14H31O2Si2. The fourth-order valence-electron chi connectivity index (χ4n) is 1.83. The lowest BCUT2D eigenvalue weighted by Gasteiger charge is -2.25. The van der Waals surface area contributed by atoms with Crippen molar-refractivity contribution in [2.45, 2.75) is 66.2 Å². The van der Waals surface area contributed by atoms with Gasteiger partial charge in [-0.05, 0) is 65.2 Å². The van der Waals surface area contributed by atoms with Crippen LogP contribution in [-0.2, 0) is 8.54 Å². The van der Waals surface area contributed by atoms with Gasteiger partial charge in [-0.25, -0.2) is 0 Å². The molecule has 0 aromatic carbocycles. The number of allylic oxidation sites excluding steroid dienone is 2. The van der Waals surface area contributed by atoms with E-state index in [-0.39, 0.29) is 0 Å². The van der Waals surface area contributed by atoms with Gasteiger partial charge in [-0.3, -0.25) is 0 Å². The summed E-state index contributed by atoms with van der Waals surface area (Å²) in [7, 11) is -2.48. The standard InChI is InChI=1S/C14H31O2Si2/c1-13(2)9-8-10-14(3)11-12-15-18(6,7)16-17(4)5/h9,14H,8,10-12H2,1-7H3. The maximum absolute atomic E-state index is 5.97. The van der Waals surface area contributed by atoms with E-state index >= 15 is 0 Å². The summed E-state index contributed by atoms with van der Waals surface area (Å²) in [6.07, 6.45) is 5.92. The van der Waals surface area contributed by atoms with Crippen molar-refractivity contribution in [3.63, 3.8) is 0 Å². The van der Waals surface area contributed by atoms with Crippen LogP contribution in [0.15, 0.2) is 11.6 Å². The Morgan fingerprint density at radius 2 is 1.83 bits per heavy atom. The molecule has 0 aromatic heterocycles. The minimum Gasteiger partial charge on any atom is -0.436 e. The van der Waals surface area contributed by atoms with Crippen LogP contribution < -0.4 is 0 Å². The number of rotatable bonds is 9. The minimum atomic E-state index is -1.85. The molecule has 18 heavy (non-hydrogen) atoms. The molecule has 4 heteroatoms. The van der Waals surface area contributed by atoms with Crippen LogP contribution in [0.4, 0.5) is 0 Å². The van der Waals surface area contributed by atoms with E-state index < -0.39 is 17.6 Å². The predicted molar refractivity (Wildman–Crippen MR) is 84.4 cm³/mol. The molecule has 0 aliphatic rings. The lowest BCUT2D eigenvalue weighted by Crippen LogP contribution is -2.39. The molecule has 0 aliphatic carbocycles. The van der Waals surface area contributed by atoms with E-state index in [1.54, 1.807) is 0 Å². The smallest absolute Gasteiger partial charge is 0.321 e. The van der Waals surface area contributed by atoms with Crippen LogP contribution in [0.2, 0.25) is 26.2 Å². The van der Waals surface area contributed by atoms with Crippen molar-refractivity contribution in [2.24, 2.45) is 5.92 Å². The van der Waals surface area contributed by atoms with Crippen LogP contribution in [0.25, 0.3) is 0 Å². The molecule has 0 spiro atoms. The Kier molecular flexibility index (Phi) is 9.12. The van der Waals surface area contributed by atoms with Gasteiger partial charge in [0.25, 0.3) is 0 Å². The SMILES string of the molecule is CC(C)=CCCC(C)CCO[Si](C)(C)O[Si](C)C. The Bertz CT molecular complexity index is 246. The summed E-state index contributed by atoms with van der Waals surface area (Å²) >= 11 is 0. The van der Waals surface area contributed by atoms with Crippen molar-refractivity contribution in [3.8, 4) is 0 Å². The second kappa shape index (κ2) is 9.07. The summed E-state index contributed by atoms with van der Waals surface area (Å²) in [6, 6.07) is 0. The highest BCUT2D eigenvalue weighted by Crippen LogP contribution is 2.15. The highest BCUT2D eigenvalue weighted by Gasteiger charge is 2.25. The van der Waals surface area contributed by atoms with E-state index in [9.17, 15) is 0 Å². The zero-order valence-corrected chi connectivity index (χ0v) is 15.3. The molecule has 1 radical (unpaired) electrons. The Morgan fingerprint density at radius 1 is 1.22 bits per heavy atom. The summed E-state index contributed by atoms with van der Waals surface area (Å²) in [4.78, 5) is 0. The Labute approximate surface area is 117 Å². The highest BCUT2D eigenvalue weighted by molar-refractivity contribution is 6.72. The third kappa shape index (κ3) is 11.2. The van der Waals surface area contributed by atoms with Gasteiger partial charge in [0.2, 0.25) is 0 Å². The molecule has 0 bridgehead atoms. The fourth-order valence-corrected chi connectivity index (χ4v) is 6.61. The quantitative estimate of drug-likeness (QED) is 0.450. The van der Waals surface area contributed by atoms with Crippen LogP contribution in [0.1, 0.15) is 40.0 Å². The summed E-state index contributed by atoms with van der Waals surface area (Å²) in [5, 5.41) is 0. The topological polar surface area (TPSA) is 18.5 Å². The monoisotopic (exact) mass is 287 g/mol. The van der Waals surface area contributed by atoms with Gasteiger partial charge in [0.05, 0.1) is 0 Å². The first kappa shape index (κ1) is 18.1. The van der Waals surface area contributed by atoms with E-state index in [1.807, 2.05) is 0 Å². The van der Waals surface area contributed by atoms with Crippen molar-refractivity contribution >= 4 is 17.6 Å². The van der Waals surface area contributed by atoms with Crippen molar-refractivity contribution in [2.75, 3.05) is 6.61 Å². The summed E-state index contributed by atoms with van der Waals surface area (Å²) in [6.45, 7) is 16.1. The fraction of sp³-hybridized carbons (Fsp3) is 0.857. The molecule has 0 heterocycles. The first-order valence-electron chi connectivity index (χ1n) is 6.99. The molecule has 0 fully saturated rings. The van der Waals surface area contributed by atoms with Gasteiger partial charge in [-0.2, -0.15) is 0 Å². The number of hydrogen-bond donors (Lipinski definition) is 0. The molecule has 0 saturated carbocycles. The predicted octanol–water partition coefficient (Wildman–Crippen LogP) is 4.75.